The minimum atomic E-state index is 0.588. The molecule has 1 N–H and O–H groups in total. The number of hydrogen-bond donors (Lipinski definition) is 1. The second-order valence-corrected chi connectivity index (χ2v) is 5.75. The van der Waals surface area contributed by atoms with E-state index in [4.69, 9.17) is 9.47 Å². The molecule has 3 nitrogen and oxygen atoms in total. The molecule has 3 rings (SSSR count). The lowest BCUT2D eigenvalue weighted by Gasteiger charge is -2.31. The van der Waals surface area contributed by atoms with Crippen LogP contribution in [-0.4, -0.2) is 27.3 Å². The molecule has 0 unspecified atom stereocenters. The maximum Gasteiger partial charge on any atom is 0.161 e. The second-order valence-electron chi connectivity index (χ2n) is 5.75. The Kier molecular flexibility index (Phi) is 4.64. The molecular formula is C19H23NO2. The van der Waals surface area contributed by atoms with Gasteiger partial charge in [0, 0.05) is 12.5 Å². The van der Waals surface area contributed by atoms with Gasteiger partial charge in [-0.2, -0.15) is 0 Å². The first kappa shape index (κ1) is 14.9. The zero-order valence-electron chi connectivity index (χ0n) is 13.3. The van der Waals surface area contributed by atoms with Crippen LogP contribution in [0.25, 0.3) is 0 Å². The predicted molar refractivity (Wildman–Crippen MR) is 89.0 cm³/mol. The van der Waals surface area contributed by atoms with Crippen LogP contribution in [0.5, 0.6) is 11.5 Å². The van der Waals surface area contributed by atoms with Crippen LogP contribution >= 0.6 is 0 Å². The van der Waals surface area contributed by atoms with Crippen LogP contribution in [0.4, 0.5) is 0 Å². The Bertz CT molecular complexity index is 625. The quantitative estimate of drug-likeness (QED) is 0.796. The third kappa shape index (κ3) is 3.09. The third-order valence-corrected chi connectivity index (χ3v) is 4.38. The van der Waals surface area contributed by atoms with Gasteiger partial charge in [0.05, 0.1) is 14.2 Å². The molecule has 0 heterocycles. The van der Waals surface area contributed by atoms with Crippen LogP contribution in [0.15, 0.2) is 42.5 Å². The van der Waals surface area contributed by atoms with Gasteiger partial charge in [-0.1, -0.05) is 30.3 Å². The highest BCUT2D eigenvalue weighted by Crippen LogP contribution is 2.41. The molecule has 0 aromatic heterocycles. The summed E-state index contributed by atoms with van der Waals surface area (Å²) in [5.74, 6) is 2.25. The number of hydrogen-bond acceptors (Lipinski definition) is 3. The molecule has 0 fully saturated rings. The van der Waals surface area contributed by atoms with Crippen molar-refractivity contribution in [2.45, 2.75) is 18.8 Å². The summed E-state index contributed by atoms with van der Waals surface area (Å²) < 4.78 is 10.7. The van der Waals surface area contributed by atoms with Gasteiger partial charge in [0.25, 0.3) is 0 Å². The molecule has 1 atom stereocenters. The minimum Gasteiger partial charge on any atom is -0.493 e. The maximum absolute atomic E-state index is 5.39. The monoisotopic (exact) mass is 297 g/mol. The van der Waals surface area contributed by atoms with Crippen LogP contribution < -0.4 is 14.8 Å². The first-order valence-corrected chi connectivity index (χ1v) is 7.81. The molecule has 0 bridgehead atoms. The fourth-order valence-electron chi connectivity index (χ4n) is 3.07. The number of benzene rings is 2. The van der Waals surface area contributed by atoms with Gasteiger partial charge in [0.1, 0.15) is 0 Å². The largest absolute Gasteiger partial charge is 0.493 e. The maximum atomic E-state index is 5.39. The third-order valence-electron chi connectivity index (χ3n) is 4.38. The summed E-state index contributed by atoms with van der Waals surface area (Å²) in [7, 11) is 3.38. The molecule has 2 aromatic rings. The zero-order valence-corrected chi connectivity index (χ0v) is 13.3. The zero-order chi connectivity index (χ0) is 15.4. The second kappa shape index (κ2) is 6.84. The summed E-state index contributed by atoms with van der Waals surface area (Å²) in [6.07, 6.45) is 2.19. The molecule has 2 aromatic carbocycles. The summed E-state index contributed by atoms with van der Waals surface area (Å²) in [6, 6.07) is 14.8. The highest BCUT2D eigenvalue weighted by molar-refractivity contribution is 5.53. The Morgan fingerprint density at radius 2 is 1.77 bits per heavy atom. The SMILES string of the molecule is COc1cc2c(cc1OC)[C@@H](CNCCc1ccccc1)C2. The van der Waals surface area contributed by atoms with Crippen molar-refractivity contribution in [1.29, 1.82) is 0 Å². The van der Waals surface area contributed by atoms with Crippen LogP contribution in [0.1, 0.15) is 22.6 Å². The van der Waals surface area contributed by atoms with Crippen molar-refractivity contribution in [2.24, 2.45) is 0 Å². The van der Waals surface area contributed by atoms with E-state index in [9.17, 15) is 0 Å². The van der Waals surface area contributed by atoms with E-state index >= 15 is 0 Å². The predicted octanol–water partition coefficient (Wildman–Crippen LogP) is 3.18. The molecule has 0 saturated carbocycles. The molecule has 0 saturated heterocycles. The fourth-order valence-corrected chi connectivity index (χ4v) is 3.07. The standard InChI is InChI=1S/C19H23NO2/c1-21-18-11-15-10-16(17(15)12-19(18)22-2)13-20-9-8-14-6-4-3-5-7-14/h3-7,11-12,16,20H,8-10,13H2,1-2H3/t16-/m1/s1. The summed E-state index contributed by atoms with van der Waals surface area (Å²) in [5, 5.41) is 3.57. The Hall–Kier alpha value is -2.00. The highest BCUT2D eigenvalue weighted by atomic mass is 16.5. The Labute approximate surface area is 132 Å². The summed E-state index contributed by atoms with van der Waals surface area (Å²) in [6.45, 7) is 2.04. The van der Waals surface area contributed by atoms with Crippen LogP contribution in [-0.2, 0) is 12.8 Å². The minimum absolute atomic E-state index is 0.588. The van der Waals surface area contributed by atoms with E-state index in [0.717, 1.165) is 37.4 Å². The first-order valence-electron chi connectivity index (χ1n) is 7.81. The molecule has 116 valence electrons. The highest BCUT2D eigenvalue weighted by Gasteiger charge is 2.27. The van der Waals surface area contributed by atoms with Crippen molar-refractivity contribution in [3.05, 3.63) is 59.2 Å². The molecule has 0 radical (unpaired) electrons. The van der Waals surface area contributed by atoms with Crippen LogP contribution in [0, 0.1) is 0 Å². The lowest BCUT2D eigenvalue weighted by atomic mass is 9.77. The number of methoxy groups -OCH3 is 2. The average molecular weight is 297 g/mol. The smallest absolute Gasteiger partial charge is 0.161 e. The number of ether oxygens (including phenoxy) is 2. The van der Waals surface area contributed by atoms with Crippen LogP contribution in [0.2, 0.25) is 0 Å². The molecule has 1 aliphatic rings. The van der Waals surface area contributed by atoms with Gasteiger partial charge in [-0.05, 0) is 48.2 Å². The van der Waals surface area contributed by atoms with E-state index in [2.05, 4.69) is 47.8 Å². The summed E-state index contributed by atoms with van der Waals surface area (Å²) in [4.78, 5) is 0. The van der Waals surface area contributed by atoms with Crippen molar-refractivity contribution in [2.75, 3.05) is 27.3 Å². The molecule has 22 heavy (non-hydrogen) atoms. The van der Waals surface area contributed by atoms with Crippen molar-refractivity contribution in [3.8, 4) is 11.5 Å². The number of rotatable bonds is 7. The van der Waals surface area contributed by atoms with E-state index in [-0.39, 0.29) is 0 Å². The molecule has 0 amide bonds. The normalized spacial score (nSPS) is 15.8. The van der Waals surface area contributed by atoms with E-state index in [0.29, 0.717) is 5.92 Å². The first-order chi connectivity index (χ1) is 10.8. The van der Waals surface area contributed by atoms with Gasteiger partial charge in [-0.25, -0.2) is 0 Å². The number of nitrogens with one attached hydrogen (secondary N) is 1. The van der Waals surface area contributed by atoms with Gasteiger partial charge in [0.2, 0.25) is 0 Å². The van der Waals surface area contributed by atoms with Gasteiger partial charge in [-0.15, -0.1) is 0 Å². The van der Waals surface area contributed by atoms with Gasteiger partial charge in [-0.3, -0.25) is 0 Å². The van der Waals surface area contributed by atoms with Gasteiger partial charge in [0.15, 0.2) is 11.5 Å². The summed E-state index contributed by atoms with van der Waals surface area (Å²) in [5.41, 5.74) is 4.16. The van der Waals surface area contributed by atoms with Crippen molar-refractivity contribution in [3.63, 3.8) is 0 Å². The lowest BCUT2D eigenvalue weighted by molar-refractivity contribution is 0.351. The Morgan fingerprint density at radius 3 is 2.50 bits per heavy atom. The summed E-state index contributed by atoms with van der Waals surface area (Å²) >= 11 is 0. The topological polar surface area (TPSA) is 30.5 Å². The Balaban J connectivity index is 1.51. The average Bonchev–Trinajstić information content (AvgIpc) is 2.55. The molecule has 1 aliphatic carbocycles. The fraction of sp³-hybridized carbons (Fsp3) is 0.368. The van der Waals surface area contributed by atoms with E-state index in [1.54, 1.807) is 14.2 Å². The molecule has 3 heteroatoms. The van der Waals surface area contributed by atoms with E-state index < -0.39 is 0 Å². The Morgan fingerprint density at radius 1 is 1.05 bits per heavy atom. The van der Waals surface area contributed by atoms with Crippen LogP contribution in [0.3, 0.4) is 0 Å². The van der Waals surface area contributed by atoms with Crippen molar-refractivity contribution < 1.29 is 9.47 Å². The van der Waals surface area contributed by atoms with E-state index in [1.807, 2.05) is 0 Å². The molecule has 0 aliphatic heterocycles. The van der Waals surface area contributed by atoms with Crippen molar-refractivity contribution in [1.82, 2.24) is 5.32 Å². The van der Waals surface area contributed by atoms with Crippen molar-refractivity contribution >= 4 is 0 Å². The van der Waals surface area contributed by atoms with Gasteiger partial charge >= 0.3 is 0 Å². The molecular weight excluding hydrogens is 274 g/mol. The lowest BCUT2D eigenvalue weighted by Crippen LogP contribution is -2.30. The van der Waals surface area contributed by atoms with Gasteiger partial charge < -0.3 is 14.8 Å². The molecule has 0 spiro atoms. The van der Waals surface area contributed by atoms with E-state index in [1.165, 1.54) is 16.7 Å². The number of fused-ring (bicyclic) bond motifs is 1.